The largest absolute Gasteiger partial charge is 0.315 e. The molecule has 1 fully saturated rings. The molecule has 0 aliphatic heterocycles. The van der Waals surface area contributed by atoms with Gasteiger partial charge in [-0.1, -0.05) is 33.1 Å². The van der Waals surface area contributed by atoms with Gasteiger partial charge in [-0.25, -0.2) is 0 Å². The smallest absolute Gasteiger partial charge is 0.00790 e. The molecule has 78 valence electrons. The van der Waals surface area contributed by atoms with E-state index < -0.39 is 0 Å². The molecule has 0 heterocycles. The molecule has 0 aromatic carbocycles. The minimum absolute atomic E-state index is 0.619. The fraction of sp³-hybridized carbons (Fsp3) is 1.00. The van der Waals surface area contributed by atoms with E-state index in [9.17, 15) is 0 Å². The van der Waals surface area contributed by atoms with Gasteiger partial charge in [-0.3, -0.25) is 0 Å². The second-order valence-corrected chi connectivity index (χ2v) is 4.44. The second kappa shape index (κ2) is 6.39. The van der Waals surface area contributed by atoms with Gasteiger partial charge in [0.25, 0.3) is 0 Å². The van der Waals surface area contributed by atoms with Crippen LogP contribution in [0, 0.1) is 5.92 Å². The Balaban J connectivity index is 1.73. The molecule has 1 aliphatic rings. The molecule has 0 radical (unpaired) electrons. The van der Waals surface area contributed by atoms with Crippen LogP contribution in [0.2, 0.25) is 0 Å². The van der Waals surface area contributed by atoms with Gasteiger partial charge in [0.2, 0.25) is 0 Å². The average Bonchev–Trinajstić information content (AvgIpc) is 1.99. The lowest BCUT2D eigenvalue weighted by molar-refractivity contribution is 0.292. The zero-order valence-corrected chi connectivity index (χ0v) is 9.10. The van der Waals surface area contributed by atoms with Crippen LogP contribution in [0.1, 0.15) is 39.5 Å². The lowest BCUT2D eigenvalue weighted by atomic mass is 9.83. The van der Waals surface area contributed by atoms with Crippen molar-refractivity contribution in [3.63, 3.8) is 0 Å². The Bertz CT molecular complexity index is 119. The van der Waals surface area contributed by atoms with E-state index in [2.05, 4.69) is 24.5 Å². The topological polar surface area (TPSA) is 24.1 Å². The highest BCUT2D eigenvalue weighted by Crippen LogP contribution is 2.28. The van der Waals surface area contributed by atoms with Crippen molar-refractivity contribution < 1.29 is 0 Å². The first-order chi connectivity index (χ1) is 6.29. The van der Waals surface area contributed by atoms with Crippen molar-refractivity contribution in [2.24, 2.45) is 5.92 Å². The zero-order valence-electron chi connectivity index (χ0n) is 9.10. The lowest BCUT2D eigenvalue weighted by Crippen LogP contribution is -2.32. The van der Waals surface area contributed by atoms with Crippen LogP contribution in [0.4, 0.5) is 0 Å². The summed E-state index contributed by atoms with van der Waals surface area (Å²) in [6.45, 7) is 7.81. The summed E-state index contributed by atoms with van der Waals surface area (Å²) in [5, 5.41) is 6.88. The fourth-order valence-electron chi connectivity index (χ4n) is 1.66. The summed E-state index contributed by atoms with van der Waals surface area (Å²) in [5.74, 6) is 1.05. The summed E-state index contributed by atoms with van der Waals surface area (Å²) >= 11 is 0. The van der Waals surface area contributed by atoms with Crippen LogP contribution in [0.25, 0.3) is 0 Å². The van der Waals surface area contributed by atoms with Crippen molar-refractivity contribution in [2.75, 3.05) is 19.6 Å². The van der Waals surface area contributed by atoms with Crippen LogP contribution in [0.3, 0.4) is 0 Å². The normalized spacial score (nSPS) is 17.8. The van der Waals surface area contributed by atoms with Crippen LogP contribution >= 0.6 is 0 Å². The molecule has 0 amide bonds. The predicted molar refractivity (Wildman–Crippen MR) is 58.0 cm³/mol. The van der Waals surface area contributed by atoms with Gasteiger partial charge in [-0.05, 0) is 18.9 Å². The van der Waals surface area contributed by atoms with Crippen molar-refractivity contribution in [3.8, 4) is 0 Å². The third-order valence-corrected chi connectivity index (χ3v) is 2.81. The van der Waals surface area contributed by atoms with E-state index in [1.807, 2.05) is 0 Å². The third-order valence-electron chi connectivity index (χ3n) is 2.81. The van der Waals surface area contributed by atoms with Gasteiger partial charge < -0.3 is 10.6 Å². The van der Waals surface area contributed by atoms with E-state index in [1.54, 1.807) is 0 Å². The summed E-state index contributed by atoms with van der Waals surface area (Å²) in [6, 6.07) is 0.619. The number of nitrogens with one attached hydrogen (secondary N) is 2. The van der Waals surface area contributed by atoms with Gasteiger partial charge >= 0.3 is 0 Å². The molecule has 1 saturated carbocycles. The Kier molecular flexibility index (Phi) is 5.40. The highest BCUT2D eigenvalue weighted by Gasteiger charge is 2.15. The van der Waals surface area contributed by atoms with Crippen molar-refractivity contribution in [2.45, 2.75) is 45.6 Å². The Morgan fingerprint density at radius 2 is 1.92 bits per heavy atom. The SMILES string of the molecule is CC(C)NCCNCCC1CCC1. The number of hydrogen-bond acceptors (Lipinski definition) is 2. The van der Waals surface area contributed by atoms with Crippen LogP contribution < -0.4 is 10.6 Å². The first-order valence-electron chi connectivity index (χ1n) is 5.73. The average molecular weight is 184 g/mol. The predicted octanol–water partition coefficient (Wildman–Crippen LogP) is 1.76. The molecule has 0 aromatic rings. The van der Waals surface area contributed by atoms with E-state index in [4.69, 9.17) is 0 Å². The number of rotatable bonds is 7. The van der Waals surface area contributed by atoms with E-state index >= 15 is 0 Å². The maximum absolute atomic E-state index is 3.48. The lowest BCUT2D eigenvalue weighted by Gasteiger charge is -2.25. The highest BCUT2D eigenvalue weighted by atomic mass is 15.0. The van der Waals surface area contributed by atoms with Gasteiger partial charge in [0.05, 0.1) is 0 Å². The Labute approximate surface area is 82.5 Å². The van der Waals surface area contributed by atoms with Gasteiger partial charge in [0.15, 0.2) is 0 Å². The van der Waals surface area contributed by atoms with E-state index in [1.165, 1.54) is 32.2 Å². The molecule has 0 saturated heterocycles. The molecule has 0 bridgehead atoms. The van der Waals surface area contributed by atoms with Crippen molar-refractivity contribution >= 4 is 0 Å². The molecule has 0 atom stereocenters. The Morgan fingerprint density at radius 3 is 2.46 bits per heavy atom. The van der Waals surface area contributed by atoms with Gasteiger partial charge in [-0.2, -0.15) is 0 Å². The fourth-order valence-corrected chi connectivity index (χ4v) is 1.66. The second-order valence-electron chi connectivity index (χ2n) is 4.44. The molecule has 1 rings (SSSR count). The summed E-state index contributed by atoms with van der Waals surface area (Å²) < 4.78 is 0. The molecule has 2 N–H and O–H groups in total. The van der Waals surface area contributed by atoms with Crippen LogP contribution in [-0.2, 0) is 0 Å². The van der Waals surface area contributed by atoms with Crippen LogP contribution in [0.5, 0.6) is 0 Å². The quantitative estimate of drug-likeness (QED) is 0.589. The minimum atomic E-state index is 0.619. The van der Waals surface area contributed by atoms with E-state index in [-0.39, 0.29) is 0 Å². The molecule has 0 unspecified atom stereocenters. The maximum atomic E-state index is 3.48. The van der Waals surface area contributed by atoms with Crippen molar-refractivity contribution in [3.05, 3.63) is 0 Å². The Hall–Kier alpha value is -0.0800. The zero-order chi connectivity index (χ0) is 9.52. The molecule has 0 spiro atoms. The number of hydrogen-bond donors (Lipinski definition) is 2. The molecular formula is C11H24N2. The highest BCUT2D eigenvalue weighted by molar-refractivity contribution is 4.70. The molecule has 2 nitrogen and oxygen atoms in total. The van der Waals surface area contributed by atoms with Crippen molar-refractivity contribution in [1.29, 1.82) is 0 Å². The van der Waals surface area contributed by atoms with E-state index in [0.29, 0.717) is 6.04 Å². The van der Waals surface area contributed by atoms with Crippen LogP contribution in [-0.4, -0.2) is 25.7 Å². The molecule has 1 aliphatic carbocycles. The molecule has 13 heavy (non-hydrogen) atoms. The summed E-state index contributed by atoms with van der Waals surface area (Å²) in [4.78, 5) is 0. The first-order valence-corrected chi connectivity index (χ1v) is 5.73. The first kappa shape index (κ1) is 11.0. The molecule has 0 aromatic heterocycles. The maximum Gasteiger partial charge on any atom is 0.00790 e. The Morgan fingerprint density at radius 1 is 1.15 bits per heavy atom. The van der Waals surface area contributed by atoms with Crippen molar-refractivity contribution in [1.82, 2.24) is 10.6 Å². The standard InChI is InChI=1S/C11H24N2/c1-10(2)13-9-8-12-7-6-11-4-3-5-11/h10-13H,3-9H2,1-2H3. The summed E-state index contributed by atoms with van der Waals surface area (Å²) in [7, 11) is 0. The minimum Gasteiger partial charge on any atom is -0.315 e. The third kappa shape index (κ3) is 5.27. The summed E-state index contributed by atoms with van der Waals surface area (Å²) in [5.41, 5.74) is 0. The summed E-state index contributed by atoms with van der Waals surface area (Å²) in [6.07, 6.45) is 5.82. The monoisotopic (exact) mass is 184 g/mol. The molecule has 2 heteroatoms. The van der Waals surface area contributed by atoms with Gasteiger partial charge in [0, 0.05) is 19.1 Å². The van der Waals surface area contributed by atoms with Gasteiger partial charge in [-0.15, -0.1) is 0 Å². The van der Waals surface area contributed by atoms with Crippen LogP contribution in [0.15, 0.2) is 0 Å². The molecular weight excluding hydrogens is 160 g/mol. The van der Waals surface area contributed by atoms with E-state index in [0.717, 1.165) is 19.0 Å². The van der Waals surface area contributed by atoms with Gasteiger partial charge in [0.1, 0.15) is 0 Å².